The second-order valence-corrected chi connectivity index (χ2v) is 6.01. The van der Waals surface area contributed by atoms with Crippen molar-refractivity contribution in [1.82, 2.24) is 0 Å². The van der Waals surface area contributed by atoms with E-state index >= 15 is 0 Å². The van der Waals surface area contributed by atoms with Gasteiger partial charge in [-0.3, -0.25) is 0 Å². The van der Waals surface area contributed by atoms with Crippen molar-refractivity contribution in [2.75, 3.05) is 6.26 Å². The van der Waals surface area contributed by atoms with Crippen LogP contribution in [-0.4, -0.2) is 30.6 Å². The maximum absolute atomic E-state index is 11.2. The second-order valence-electron chi connectivity index (χ2n) is 3.42. The Balaban J connectivity index is 4.73. The molecule has 0 aliphatic rings. The lowest BCUT2D eigenvalue weighted by molar-refractivity contribution is 0.140. The Morgan fingerprint density at radius 1 is 1.58 bits per heavy atom. The van der Waals surface area contributed by atoms with Crippen molar-refractivity contribution in [3.8, 4) is 0 Å². The molecule has 0 rings (SSSR count). The van der Waals surface area contributed by atoms with Gasteiger partial charge in [0.15, 0.2) is 9.84 Å². The van der Waals surface area contributed by atoms with Crippen LogP contribution < -0.4 is 0 Å². The summed E-state index contributed by atoms with van der Waals surface area (Å²) >= 11 is 0. The van der Waals surface area contributed by atoms with E-state index in [1.165, 1.54) is 19.9 Å². The van der Waals surface area contributed by atoms with Crippen molar-refractivity contribution < 1.29 is 13.5 Å². The molecule has 0 heterocycles. The molecule has 0 saturated carbocycles. The molecule has 0 aromatic carbocycles. The SMILES string of the molecule is C=CCC(O)C(C)(C)S(C)(=O)=O. The van der Waals surface area contributed by atoms with Crippen LogP contribution in [0, 0.1) is 0 Å². The van der Waals surface area contributed by atoms with Gasteiger partial charge in [-0.2, -0.15) is 0 Å². The molecule has 0 aliphatic heterocycles. The second kappa shape index (κ2) is 3.58. The zero-order valence-electron chi connectivity index (χ0n) is 7.74. The highest BCUT2D eigenvalue weighted by atomic mass is 32.2. The number of aliphatic hydroxyl groups is 1. The lowest BCUT2D eigenvalue weighted by atomic mass is 10.0. The third-order valence-electron chi connectivity index (χ3n) is 2.15. The van der Waals surface area contributed by atoms with Crippen LogP contribution in [0.15, 0.2) is 12.7 Å². The average molecular weight is 192 g/mol. The van der Waals surface area contributed by atoms with Gasteiger partial charge in [-0.25, -0.2) is 8.42 Å². The first kappa shape index (κ1) is 11.6. The van der Waals surface area contributed by atoms with Crippen molar-refractivity contribution in [3.63, 3.8) is 0 Å². The number of aliphatic hydroxyl groups excluding tert-OH is 1. The minimum atomic E-state index is -3.22. The smallest absolute Gasteiger partial charge is 0.155 e. The summed E-state index contributed by atoms with van der Waals surface area (Å²) in [5, 5.41) is 9.46. The van der Waals surface area contributed by atoms with Gasteiger partial charge in [-0.15, -0.1) is 6.58 Å². The Hall–Kier alpha value is -0.350. The standard InChI is InChI=1S/C8H16O3S/c1-5-6-7(9)8(2,3)12(4,10)11/h5,7,9H,1,6H2,2-4H3. The molecule has 0 aromatic rings. The van der Waals surface area contributed by atoms with Gasteiger partial charge in [0.05, 0.1) is 10.9 Å². The maximum atomic E-state index is 11.2. The Bertz CT molecular complexity index is 251. The molecule has 0 aromatic heterocycles. The molecule has 1 atom stereocenters. The lowest BCUT2D eigenvalue weighted by Gasteiger charge is -2.27. The fourth-order valence-corrected chi connectivity index (χ4v) is 1.28. The zero-order valence-corrected chi connectivity index (χ0v) is 8.56. The van der Waals surface area contributed by atoms with E-state index in [0.29, 0.717) is 6.42 Å². The quantitative estimate of drug-likeness (QED) is 0.669. The number of hydrogen-bond acceptors (Lipinski definition) is 3. The van der Waals surface area contributed by atoms with Gasteiger partial charge in [0.1, 0.15) is 0 Å². The van der Waals surface area contributed by atoms with Gasteiger partial charge in [0.2, 0.25) is 0 Å². The molecule has 0 saturated heterocycles. The Morgan fingerprint density at radius 3 is 2.25 bits per heavy atom. The summed E-state index contributed by atoms with van der Waals surface area (Å²) in [4.78, 5) is 0. The van der Waals surface area contributed by atoms with Gasteiger partial charge in [0.25, 0.3) is 0 Å². The summed E-state index contributed by atoms with van der Waals surface area (Å²) in [6.07, 6.45) is 2.04. The molecule has 0 fully saturated rings. The van der Waals surface area contributed by atoms with Gasteiger partial charge in [-0.05, 0) is 20.3 Å². The summed E-state index contributed by atoms with van der Waals surface area (Å²) in [5.74, 6) is 0. The summed E-state index contributed by atoms with van der Waals surface area (Å²) < 4.78 is 21.3. The van der Waals surface area contributed by atoms with Crippen LogP contribution in [0.2, 0.25) is 0 Å². The average Bonchev–Trinajstić information content (AvgIpc) is 1.85. The molecule has 0 bridgehead atoms. The summed E-state index contributed by atoms with van der Waals surface area (Å²) in [7, 11) is -3.22. The Kier molecular flexibility index (Phi) is 3.47. The monoisotopic (exact) mass is 192 g/mol. The first-order valence-electron chi connectivity index (χ1n) is 3.72. The van der Waals surface area contributed by atoms with Gasteiger partial charge in [-0.1, -0.05) is 6.08 Å². The first-order valence-corrected chi connectivity index (χ1v) is 5.61. The van der Waals surface area contributed by atoms with E-state index in [0.717, 1.165) is 6.26 Å². The molecule has 0 radical (unpaired) electrons. The largest absolute Gasteiger partial charge is 0.391 e. The van der Waals surface area contributed by atoms with E-state index in [1.807, 2.05) is 0 Å². The van der Waals surface area contributed by atoms with Gasteiger partial charge in [0, 0.05) is 6.26 Å². The highest BCUT2D eigenvalue weighted by Gasteiger charge is 2.36. The summed E-state index contributed by atoms with van der Waals surface area (Å²) in [5.41, 5.74) is 0. The van der Waals surface area contributed by atoms with Gasteiger partial charge < -0.3 is 5.11 Å². The topological polar surface area (TPSA) is 54.4 Å². The molecule has 72 valence electrons. The molecule has 0 aliphatic carbocycles. The number of hydrogen-bond donors (Lipinski definition) is 1. The summed E-state index contributed by atoms with van der Waals surface area (Å²) in [6.45, 7) is 6.46. The van der Waals surface area contributed by atoms with Crippen molar-refractivity contribution in [2.24, 2.45) is 0 Å². The minimum absolute atomic E-state index is 0.292. The van der Waals surface area contributed by atoms with Crippen LogP contribution in [0.25, 0.3) is 0 Å². The van der Waals surface area contributed by atoms with Crippen LogP contribution in [0.5, 0.6) is 0 Å². The Morgan fingerprint density at radius 2 is 2.00 bits per heavy atom. The third-order valence-corrected chi connectivity index (χ3v) is 4.33. The minimum Gasteiger partial charge on any atom is -0.391 e. The Labute approximate surface area is 74.0 Å². The molecular formula is C8H16O3S. The van der Waals surface area contributed by atoms with Crippen LogP contribution >= 0.6 is 0 Å². The number of rotatable bonds is 4. The highest BCUT2D eigenvalue weighted by molar-refractivity contribution is 7.92. The zero-order chi connectivity index (χ0) is 9.99. The molecule has 12 heavy (non-hydrogen) atoms. The lowest BCUT2D eigenvalue weighted by Crippen LogP contribution is -2.43. The van der Waals surface area contributed by atoms with E-state index in [9.17, 15) is 13.5 Å². The predicted molar refractivity (Wildman–Crippen MR) is 49.7 cm³/mol. The fraction of sp³-hybridized carbons (Fsp3) is 0.750. The van der Waals surface area contributed by atoms with E-state index < -0.39 is 20.7 Å². The van der Waals surface area contributed by atoms with Crippen molar-refractivity contribution in [2.45, 2.75) is 31.1 Å². The molecule has 0 amide bonds. The van der Waals surface area contributed by atoms with E-state index in [4.69, 9.17) is 0 Å². The fourth-order valence-electron chi connectivity index (χ4n) is 0.689. The van der Waals surface area contributed by atoms with Crippen molar-refractivity contribution in [3.05, 3.63) is 12.7 Å². The predicted octanol–water partition coefficient (Wildman–Crippen LogP) is 0.747. The third kappa shape index (κ3) is 2.32. The normalized spacial score (nSPS) is 15.7. The van der Waals surface area contributed by atoms with Crippen molar-refractivity contribution in [1.29, 1.82) is 0 Å². The first-order chi connectivity index (χ1) is 5.23. The van der Waals surface area contributed by atoms with Crippen LogP contribution in [-0.2, 0) is 9.84 Å². The van der Waals surface area contributed by atoms with Crippen LogP contribution in [0.4, 0.5) is 0 Å². The molecule has 3 nitrogen and oxygen atoms in total. The highest BCUT2D eigenvalue weighted by Crippen LogP contribution is 2.22. The molecular weight excluding hydrogens is 176 g/mol. The van der Waals surface area contributed by atoms with Gasteiger partial charge >= 0.3 is 0 Å². The molecule has 1 N–H and O–H groups in total. The molecule has 4 heteroatoms. The maximum Gasteiger partial charge on any atom is 0.155 e. The van der Waals surface area contributed by atoms with Crippen molar-refractivity contribution >= 4 is 9.84 Å². The van der Waals surface area contributed by atoms with Crippen LogP contribution in [0.3, 0.4) is 0 Å². The molecule has 1 unspecified atom stereocenters. The van der Waals surface area contributed by atoms with E-state index in [1.54, 1.807) is 0 Å². The van der Waals surface area contributed by atoms with E-state index in [2.05, 4.69) is 6.58 Å². The summed E-state index contributed by atoms with van der Waals surface area (Å²) in [6, 6.07) is 0. The molecule has 0 spiro atoms. The van der Waals surface area contributed by atoms with Crippen LogP contribution in [0.1, 0.15) is 20.3 Å². The number of sulfone groups is 1. The van der Waals surface area contributed by atoms with E-state index in [-0.39, 0.29) is 0 Å².